The van der Waals surface area contributed by atoms with Gasteiger partial charge in [0.1, 0.15) is 6.10 Å². The van der Waals surface area contributed by atoms with Gasteiger partial charge in [0, 0.05) is 12.0 Å². The number of hydrogen-bond donors (Lipinski definition) is 0. The zero-order chi connectivity index (χ0) is 20.1. The van der Waals surface area contributed by atoms with Gasteiger partial charge in [-0.2, -0.15) is 0 Å². The van der Waals surface area contributed by atoms with Crippen LogP contribution in [0.25, 0.3) is 5.57 Å². The van der Waals surface area contributed by atoms with Crippen molar-refractivity contribution in [2.45, 2.75) is 71.3 Å². The van der Waals surface area contributed by atoms with Crippen LogP contribution in [-0.2, 0) is 9.53 Å². The van der Waals surface area contributed by atoms with Gasteiger partial charge in [-0.15, -0.1) is 0 Å². The van der Waals surface area contributed by atoms with Gasteiger partial charge in [-0.3, -0.25) is 4.79 Å². The van der Waals surface area contributed by atoms with Crippen molar-refractivity contribution in [1.82, 2.24) is 0 Å². The number of allylic oxidation sites excluding steroid dienone is 3. The highest BCUT2D eigenvalue weighted by Crippen LogP contribution is 2.34. The maximum Gasteiger partial charge on any atom is 0.309 e. The van der Waals surface area contributed by atoms with E-state index in [1.165, 1.54) is 0 Å². The molecule has 0 aromatic heterocycles. The molecule has 152 valence electrons. The molecule has 0 amide bonds. The van der Waals surface area contributed by atoms with Crippen LogP contribution in [0.3, 0.4) is 0 Å². The lowest BCUT2D eigenvalue weighted by Gasteiger charge is -2.28. The minimum absolute atomic E-state index is 0.000270. The molecule has 28 heavy (non-hydrogen) atoms. The fraction of sp³-hybridized carbons (Fsp3) is 0.542. The number of carbonyl (C=O) groups is 1. The lowest BCUT2D eigenvalue weighted by atomic mass is 9.82. The molecular weight excluding hydrogens is 358 g/mol. The first-order valence-electron chi connectivity index (χ1n) is 10.5. The second kappa shape index (κ2) is 9.49. The van der Waals surface area contributed by atoms with Gasteiger partial charge in [0.25, 0.3) is 0 Å². The monoisotopic (exact) mass is 388 g/mol. The molecule has 2 aliphatic carbocycles. The molecule has 0 bridgehead atoms. The third-order valence-corrected chi connectivity index (χ3v) is 6.02. The molecule has 4 heteroatoms. The minimum Gasteiger partial charge on any atom is -0.462 e. The van der Waals surface area contributed by atoms with Gasteiger partial charge >= 0.3 is 5.97 Å². The molecule has 1 unspecified atom stereocenters. The van der Waals surface area contributed by atoms with E-state index in [0.29, 0.717) is 36.3 Å². The number of hydrogen-bond acceptors (Lipinski definition) is 2. The van der Waals surface area contributed by atoms with Crippen LogP contribution in [0.1, 0.15) is 69.4 Å². The molecule has 0 heterocycles. The molecule has 0 N–H and O–H groups in total. The third-order valence-electron chi connectivity index (χ3n) is 6.02. The number of ether oxygens (including phenoxy) is 1. The Morgan fingerprint density at radius 3 is 2.54 bits per heavy atom. The Bertz CT molecular complexity index is 758. The predicted molar refractivity (Wildman–Crippen MR) is 108 cm³/mol. The SMILES string of the molecule is CC/C=C/C1CCC(C(=O)OC2CC=C(c3ccc(C)c(F)c3F)CC2)CC1. The molecule has 0 radical (unpaired) electrons. The van der Waals surface area contributed by atoms with Crippen molar-refractivity contribution in [3.8, 4) is 0 Å². The fourth-order valence-corrected chi connectivity index (χ4v) is 4.19. The highest BCUT2D eigenvalue weighted by atomic mass is 19.2. The first-order valence-corrected chi connectivity index (χ1v) is 10.5. The largest absolute Gasteiger partial charge is 0.462 e. The maximum atomic E-state index is 14.2. The Balaban J connectivity index is 1.52. The van der Waals surface area contributed by atoms with Crippen molar-refractivity contribution >= 4 is 11.5 Å². The smallest absolute Gasteiger partial charge is 0.309 e. The molecule has 2 nitrogen and oxygen atoms in total. The first kappa shape index (κ1) is 20.8. The average molecular weight is 388 g/mol. The van der Waals surface area contributed by atoms with Gasteiger partial charge < -0.3 is 4.74 Å². The summed E-state index contributed by atoms with van der Waals surface area (Å²) < 4.78 is 33.8. The molecule has 3 rings (SSSR count). The average Bonchev–Trinajstić information content (AvgIpc) is 2.72. The van der Waals surface area contributed by atoms with Crippen LogP contribution in [0.2, 0.25) is 0 Å². The van der Waals surface area contributed by atoms with Crippen LogP contribution in [0.4, 0.5) is 8.78 Å². The highest BCUT2D eigenvalue weighted by molar-refractivity contribution is 5.73. The molecule has 0 saturated heterocycles. The molecule has 1 fully saturated rings. The Hall–Kier alpha value is -1.97. The summed E-state index contributed by atoms with van der Waals surface area (Å²) in [7, 11) is 0. The highest BCUT2D eigenvalue weighted by Gasteiger charge is 2.29. The Kier molecular flexibility index (Phi) is 7.03. The van der Waals surface area contributed by atoms with E-state index >= 15 is 0 Å². The normalized spacial score (nSPS) is 25.6. The zero-order valence-corrected chi connectivity index (χ0v) is 16.8. The lowest BCUT2D eigenvalue weighted by molar-refractivity contribution is -0.155. The molecule has 1 aromatic carbocycles. The van der Waals surface area contributed by atoms with E-state index in [4.69, 9.17) is 4.74 Å². The molecule has 1 aromatic rings. The van der Waals surface area contributed by atoms with Gasteiger partial charge in [-0.1, -0.05) is 37.3 Å². The van der Waals surface area contributed by atoms with Crippen LogP contribution in [0, 0.1) is 30.4 Å². The summed E-state index contributed by atoms with van der Waals surface area (Å²) in [6.45, 7) is 3.69. The molecule has 0 aliphatic heterocycles. The molecule has 0 spiro atoms. The summed E-state index contributed by atoms with van der Waals surface area (Å²) >= 11 is 0. The van der Waals surface area contributed by atoms with Gasteiger partial charge in [0.15, 0.2) is 11.6 Å². The van der Waals surface area contributed by atoms with E-state index < -0.39 is 11.6 Å². The summed E-state index contributed by atoms with van der Waals surface area (Å²) in [6, 6.07) is 3.24. The Morgan fingerprint density at radius 1 is 1.14 bits per heavy atom. The van der Waals surface area contributed by atoms with E-state index in [1.807, 2.05) is 6.08 Å². The number of benzene rings is 1. The topological polar surface area (TPSA) is 26.3 Å². The van der Waals surface area contributed by atoms with Crippen molar-refractivity contribution in [3.63, 3.8) is 0 Å². The third kappa shape index (κ3) is 4.89. The van der Waals surface area contributed by atoms with Crippen molar-refractivity contribution in [1.29, 1.82) is 0 Å². The van der Waals surface area contributed by atoms with Gasteiger partial charge in [-0.25, -0.2) is 8.78 Å². The first-order chi connectivity index (χ1) is 13.5. The second-order valence-electron chi connectivity index (χ2n) is 8.07. The number of aryl methyl sites for hydroxylation is 1. The van der Waals surface area contributed by atoms with E-state index in [2.05, 4.69) is 19.1 Å². The van der Waals surface area contributed by atoms with Gasteiger partial charge in [0.05, 0.1) is 5.92 Å². The molecule has 2 aliphatic rings. The summed E-state index contributed by atoms with van der Waals surface area (Å²) in [5.74, 6) is -1.06. The zero-order valence-electron chi connectivity index (χ0n) is 16.8. The van der Waals surface area contributed by atoms with Crippen LogP contribution in [0.15, 0.2) is 30.4 Å². The summed E-state index contributed by atoms with van der Waals surface area (Å²) in [5.41, 5.74) is 1.43. The van der Waals surface area contributed by atoms with Crippen molar-refractivity contribution in [3.05, 3.63) is 53.1 Å². The van der Waals surface area contributed by atoms with Crippen LogP contribution >= 0.6 is 0 Å². The summed E-state index contributed by atoms with van der Waals surface area (Å²) in [6.07, 6.45) is 12.9. The van der Waals surface area contributed by atoms with Crippen molar-refractivity contribution in [2.75, 3.05) is 0 Å². The predicted octanol–water partition coefficient (Wildman–Crippen LogP) is 6.52. The molecule has 1 saturated carbocycles. The number of esters is 1. The number of halogens is 2. The standard InChI is InChI=1S/C24H30F2O2/c1-3-4-5-17-7-9-19(10-8-17)24(27)28-20-13-11-18(12-14-20)21-15-6-16(2)22(25)23(21)26/h4-6,11,15,17,19-20H,3,7-10,12-14H2,1-2H3/b5-4+. The van der Waals surface area contributed by atoms with Crippen molar-refractivity contribution in [2.24, 2.45) is 11.8 Å². The Labute approximate surface area is 166 Å². The maximum absolute atomic E-state index is 14.2. The van der Waals surface area contributed by atoms with E-state index in [9.17, 15) is 13.6 Å². The number of carbonyl (C=O) groups excluding carboxylic acids is 1. The summed E-state index contributed by atoms with van der Waals surface area (Å²) in [5, 5.41) is 0. The lowest BCUT2D eigenvalue weighted by Crippen LogP contribution is -2.28. The van der Waals surface area contributed by atoms with Crippen LogP contribution in [-0.4, -0.2) is 12.1 Å². The van der Waals surface area contributed by atoms with Gasteiger partial charge in [-0.05, 0) is 68.9 Å². The number of rotatable bonds is 5. The molecule has 1 atom stereocenters. The minimum atomic E-state index is -0.782. The van der Waals surface area contributed by atoms with Crippen LogP contribution < -0.4 is 0 Å². The molecular formula is C24H30F2O2. The van der Waals surface area contributed by atoms with E-state index in [1.54, 1.807) is 19.1 Å². The summed E-state index contributed by atoms with van der Waals surface area (Å²) in [4.78, 5) is 12.5. The Morgan fingerprint density at radius 2 is 1.89 bits per heavy atom. The van der Waals surface area contributed by atoms with E-state index in [-0.39, 0.29) is 18.0 Å². The van der Waals surface area contributed by atoms with E-state index in [0.717, 1.165) is 37.7 Å². The quantitative estimate of drug-likeness (QED) is 0.424. The van der Waals surface area contributed by atoms with Crippen LogP contribution in [0.5, 0.6) is 0 Å². The van der Waals surface area contributed by atoms with Gasteiger partial charge in [0.2, 0.25) is 0 Å². The van der Waals surface area contributed by atoms with Crippen molar-refractivity contribution < 1.29 is 18.3 Å². The second-order valence-corrected chi connectivity index (χ2v) is 8.07. The fourth-order valence-electron chi connectivity index (χ4n) is 4.19.